The summed E-state index contributed by atoms with van der Waals surface area (Å²) < 4.78 is 5.23. The number of amides is 1. The first-order chi connectivity index (χ1) is 9.17. The quantitative estimate of drug-likeness (QED) is 0.895. The van der Waals surface area contributed by atoms with Gasteiger partial charge >= 0.3 is 0 Å². The summed E-state index contributed by atoms with van der Waals surface area (Å²) in [6, 6.07) is 3.58. The summed E-state index contributed by atoms with van der Waals surface area (Å²) in [6.45, 7) is 0. The van der Waals surface area contributed by atoms with Gasteiger partial charge in [0.2, 0.25) is 11.0 Å². The van der Waals surface area contributed by atoms with Crippen molar-refractivity contribution in [3.05, 3.63) is 18.4 Å². The van der Waals surface area contributed by atoms with Crippen LogP contribution in [0.1, 0.15) is 25.7 Å². The maximum atomic E-state index is 12.1. The molecular formula is C12H14N4O2S. The highest BCUT2D eigenvalue weighted by molar-refractivity contribution is 7.18. The van der Waals surface area contributed by atoms with Crippen LogP contribution in [-0.4, -0.2) is 21.6 Å². The predicted octanol–water partition coefficient (Wildman–Crippen LogP) is 2.01. The van der Waals surface area contributed by atoms with E-state index >= 15 is 0 Å². The molecule has 1 amide bonds. The first-order valence-electron chi connectivity index (χ1n) is 6.15. The fourth-order valence-corrected chi connectivity index (χ4v) is 2.94. The van der Waals surface area contributed by atoms with E-state index in [4.69, 9.17) is 10.2 Å². The summed E-state index contributed by atoms with van der Waals surface area (Å²) in [5, 5.41) is 11.8. The van der Waals surface area contributed by atoms with Crippen molar-refractivity contribution in [1.29, 1.82) is 0 Å². The van der Waals surface area contributed by atoms with Gasteiger partial charge < -0.3 is 10.2 Å². The van der Waals surface area contributed by atoms with E-state index in [1.54, 1.807) is 18.4 Å². The number of carbonyl (C=O) groups excluding carboxylic acids is 1. The van der Waals surface area contributed by atoms with Crippen LogP contribution >= 0.6 is 11.3 Å². The van der Waals surface area contributed by atoms with Gasteiger partial charge in [-0.05, 0) is 25.0 Å². The zero-order valence-electron chi connectivity index (χ0n) is 10.3. The highest BCUT2D eigenvalue weighted by Gasteiger charge is 2.37. The second-order valence-electron chi connectivity index (χ2n) is 4.71. The molecule has 3 N–H and O–H groups in total. The zero-order chi connectivity index (χ0) is 13.3. The first kappa shape index (κ1) is 12.3. The van der Waals surface area contributed by atoms with Gasteiger partial charge in [-0.25, -0.2) is 0 Å². The third-order valence-corrected chi connectivity index (χ3v) is 4.18. The summed E-state index contributed by atoms with van der Waals surface area (Å²) in [5.74, 6) is 0.466. The van der Waals surface area contributed by atoms with Gasteiger partial charge in [-0.15, -0.1) is 10.2 Å². The average molecular weight is 278 g/mol. The van der Waals surface area contributed by atoms with E-state index in [0.29, 0.717) is 15.9 Å². The van der Waals surface area contributed by atoms with Crippen LogP contribution in [-0.2, 0) is 4.79 Å². The van der Waals surface area contributed by atoms with E-state index < -0.39 is 5.54 Å². The number of nitrogens with two attached hydrogens (primary N) is 1. The lowest BCUT2D eigenvalue weighted by Gasteiger charge is -2.20. The molecule has 0 bridgehead atoms. The van der Waals surface area contributed by atoms with Gasteiger partial charge in [0, 0.05) is 0 Å². The average Bonchev–Trinajstić information content (AvgIpc) is 3.08. The molecule has 3 rings (SSSR count). The van der Waals surface area contributed by atoms with Crippen molar-refractivity contribution in [2.75, 3.05) is 5.32 Å². The van der Waals surface area contributed by atoms with Crippen LogP contribution in [0.15, 0.2) is 22.8 Å². The molecule has 0 aliphatic heterocycles. The Hall–Kier alpha value is -1.73. The lowest BCUT2D eigenvalue weighted by Crippen LogP contribution is -2.48. The number of anilines is 1. The highest BCUT2D eigenvalue weighted by Crippen LogP contribution is 2.30. The molecule has 19 heavy (non-hydrogen) atoms. The molecule has 1 aliphatic rings. The van der Waals surface area contributed by atoms with Crippen molar-refractivity contribution >= 4 is 22.4 Å². The van der Waals surface area contributed by atoms with Crippen molar-refractivity contribution in [3.63, 3.8) is 0 Å². The number of hydrogen-bond acceptors (Lipinski definition) is 6. The Kier molecular flexibility index (Phi) is 3.08. The van der Waals surface area contributed by atoms with Gasteiger partial charge in [0.1, 0.15) is 0 Å². The van der Waals surface area contributed by atoms with Crippen LogP contribution in [0.5, 0.6) is 0 Å². The van der Waals surface area contributed by atoms with Crippen LogP contribution in [0.25, 0.3) is 10.8 Å². The summed E-state index contributed by atoms with van der Waals surface area (Å²) >= 11 is 1.27. The Morgan fingerprint density at radius 1 is 1.42 bits per heavy atom. The van der Waals surface area contributed by atoms with E-state index in [9.17, 15) is 4.79 Å². The lowest BCUT2D eigenvalue weighted by molar-refractivity contribution is -0.121. The minimum atomic E-state index is -0.753. The van der Waals surface area contributed by atoms with E-state index in [1.807, 2.05) is 0 Å². The van der Waals surface area contributed by atoms with Gasteiger partial charge in [-0.1, -0.05) is 24.2 Å². The van der Waals surface area contributed by atoms with E-state index in [1.165, 1.54) is 11.3 Å². The lowest BCUT2D eigenvalue weighted by atomic mass is 9.98. The monoisotopic (exact) mass is 278 g/mol. The van der Waals surface area contributed by atoms with Crippen molar-refractivity contribution in [1.82, 2.24) is 10.2 Å². The van der Waals surface area contributed by atoms with E-state index in [-0.39, 0.29) is 5.91 Å². The van der Waals surface area contributed by atoms with Gasteiger partial charge in [0.25, 0.3) is 0 Å². The smallest absolute Gasteiger partial charge is 0.246 e. The first-order valence-corrected chi connectivity index (χ1v) is 6.97. The molecule has 2 heterocycles. The van der Waals surface area contributed by atoms with Crippen molar-refractivity contribution < 1.29 is 9.21 Å². The molecule has 0 atom stereocenters. The fourth-order valence-electron chi connectivity index (χ4n) is 2.23. The summed E-state index contributed by atoms with van der Waals surface area (Å²) in [5.41, 5.74) is 5.32. The van der Waals surface area contributed by atoms with Crippen molar-refractivity contribution in [3.8, 4) is 10.8 Å². The number of furan rings is 1. The van der Waals surface area contributed by atoms with Gasteiger partial charge in [0.05, 0.1) is 11.8 Å². The van der Waals surface area contributed by atoms with Crippen LogP contribution in [0.3, 0.4) is 0 Å². The Morgan fingerprint density at radius 3 is 2.89 bits per heavy atom. The Morgan fingerprint density at radius 2 is 2.21 bits per heavy atom. The largest absolute Gasteiger partial charge is 0.462 e. The molecule has 0 radical (unpaired) electrons. The van der Waals surface area contributed by atoms with E-state index in [2.05, 4.69) is 15.5 Å². The third kappa shape index (κ3) is 2.39. The maximum Gasteiger partial charge on any atom is 0.246 e. The molecule has 0 spiro atoms. The maximum absolute atomic E-state index is 12.1. The Labute approximate surface area is 114 Å². The van der Waals surface area contributed by atoms with E-state index in [0.717, 1.165) is 25.7 Å². The van der Waals surface area contributed by atoms with Gasteiger partial charge in [0.15, 0.2) is 10.8 Å². The molecule has 7 heteroatoms. The number of nitrogens with zero attached hydrogens (tertiary/aromatic N) is 2. The van der Waals surface area contributed by atoms with Crippen molar-refractivity contribution in [2.45, 2.75) is 31.2 Å². The summed E-state index contributed by atoms with van der Waals surface area (Å²) in [7, 11) is 0. The summed E-state index contributed by atoms with van der Waals surface area (Å²) in [4.78, 5) is 12.1. The van der Waals surface area contributed by atoms with Crippen LogP contribution < -0.4 is 11.1 Å². The molecule has 6 nitrogen and oxygen atoms in total. The third-order valence-electron chi connectivity index (χ3n) is 3.33. The number of aromatic nitrogens is 2. The van der Waals surface area contributed by atoms with Crippen LogP contribution in [0, 0.1) is 0 Å². The number of rotatable bonds is 3. The highest BCUT2D eigenvalue weighted by atomic mass is 32.1. The Bertz CT molecular complexity index is 572. The second kappa shape index (κ2) is 4.75. The predicted molar refractivity (Wildman–Crippen MR) is 71.6 cm³/mol. The van der Waals surface area contributed by atoms with Crippen molar-refractivity contribution in [2.24, 2.45) is 5.73 Å². The molecule has 0 aromatic carbocycles. The molecule has 1 saturated carbocycles. The SMILES string of the molecule is NC1(C(=O)Nc2nnc(-c3ccco3)s2)CCCC1. The normalized spacial score (nSPS) is 17.5. The molecule has 0 saturated heterocycles. The topological polar surface area (TPSA) is 94.0 Å². The molecule has 1 aliphatic carbocycles. The molecular weight excluding hydrogens is 264 g/mol. The van der Waals surface area contributed by atoms with Gasteiger partial charge in [-0.2, -0.15) is 0 Å². The van der Waals surface area contributed by atoms with Crippen LogP contribution in [0.2, 0.25) is 0 Å². The van der Waals surface area contributed by atoms with Crippen LogP contribution in [0.4, 0.5) is 5.13 Å². The fraction of sp³-hybridized carbons (Fsp3) is 0.417. The Balaban J connectivity index is 1.72. The molecule has 2 aromatic rings. The summed E-state index contributed by atoms with van der Waals surface area (Å²) in [6.07, 6.45) is 5.02. The number of nitrogens with one attached hydrogen (secondary N) is 1. The molecule has 1 fully saturated rings. The minimum Gasteiger partial charge on any atom is -0.462 e. The minimum absolute atomic E-state index is 0.174. The molecule has 0 unspecified atom stereocenters. The molecule has 100 valence electrons. The zero-order valence-corrected chi connectivity index (χ0v) is 11.1. The van der Waals surface area contributed by atoms with Gasteiger partial charge in [-0.3, -0.25) is 10.1 Å². The standard InChI is InChI=1S/C12H14N4O2S/c13-12(5-1-2-6-12)10(17)14-11-16-15-9(19-11)8-4-3-7-18-8/h3-4,7H,1-2,5-6,13H2,(H,14,16,17). The number of carbonyl (C=O) groups is 1. The number of hydrogen-bond donors (Lipinski definition) is 2. The molecule has 2 aromatic heterocycles. The second-order valence-corrected chi connectivity index (χ2v) is 5.68.